The number of nitrogens with zero attached hydrogens (tertiary/aromatic N) is 5. The van der Waals surface area contributed by atoms with Crippen molar-refractivity contribution in [3.8, 4) is 0 Å². The summed E-state index contributed by atoms with van der Waals surface area (Å²) in [5.41, 5.74) is 0. The maximum atomic E-state index is 13.9. The number of guanidine groups is 1. The summed E-state index contributed by atoms with van der Waals surface area (Å²) in [5, 5.41) is 6.91. The van der Waals surface area contributed by atoms with Gasteiger partial charge in [0.05, 0.1) is 0 Å². The van der Waals surface area contributed by atoms with Crippen molar-refractivity contribution in [2.45, 2.75) is 18.5 Å². The molecule has 7 nitrogen and oxygen atoms in total. The average Bonchev–Trinajstić information content (AvgIpc) is 3.10. The third-order valence-electron chi connectivity index (χ3n) is 5.28. The predicted octanol–water partition coefficient (Wildman–Crippen LogP) is 0.828. The second kappa shape index (κ2) is 10.4. The highest BCUT2D eigenvalue weighted by Crippen LogP contribution is 2.20. The van der Waals surface area contributed by atoms with Crippen molar-refractivity contribution >= 4 is 35.8 Å². The predicted molar refractivity (Wildman–Crippen MR) is 119 cm³/mol. The number of rotatable bonds is 4. The Morgan fingerprint density at radius 2 is 2.11 bits per heavy atom. The smallest absolute Gasteiger partial charge is 0.191 e. The lowest BCUT2D eigenvalue weighted by molar-refractivity contribution is 0.116. The van der Waals surface area contributed by atoms with Crippen LogP contribution in [0.5, 0.6) is 0 Å². The van der Waals surface area contributed by atoms with Crippen LogP contribution in [0.2, 0.25) is 0 Å². The molecule has 0 amide bonds. The van der Waals surface area contributed by atoms with Crippen molar-refractivity contribution in [2.75, 3.05) is 65.3 Å². The number of nitrogens with one attached hydrogen (secondary N) is 2. The molecular weight excluding hydrogens is 460 g/mol. The van der Waals surface area contributed by atoms with Crippen LogP contribution in [0.3, 0.4) is 0 Å². The van der Waals surface area contributed by atoms with Crippen LogP contribution >= 0.6 is 24.0 Å². The Morgan fingerprint density at radius 3 is 2.85 bits per heavy atom. The average molecular weight is 491 g/mol. The Balaban J connectivity index is 0.00000261. The molecule has 2 fully saturated rings. The lowest BCUT2D eigenvalue weighted by atomic mass is 10.2. The Bertz CT molecular complexity index is 629. The highest BCUT2D eigenvalue weighted by molar-refractivity contribution is 14.0. The number of aliphatic imine (C=N–C) groups is 1. The zero-order valence-corrected chi connectivity index (χ0v) is 18.7. The van der Waals surface area contributed by atoms with Gasteiger partial charge in [0, 0.05) is 64.6 Å². The topological polar surface area (TPSA) is 59.0 Å². The maximum absolute atomic E-state index is 13.9. The van der Waals surface area contributed by atoms with E-state index in [1.54, 1.807) is 19.3 Å². The van der Waals surface area contributed by atoms with E-state index in [0.717, 1.165) is 51.6 Å². The quantitative estimate of drug-likeness (QED) is 0.370. The van der Waals surface area contributed by atoms with Gasteiger partial charge in [-0.2, -0.15) is 0 Å². The van der Waals surface area contributed by atoms with Crippen molar-refractivity contribution in [3.63, 3.8) is 0 Å². The minimum absolute atomic E-state index is 0. The first kappa shape index (κ1) is 22.1. The van der Waals surface area contributed by atoms with Crippen molar-refractivity contribution in [3.05, 3.63) is 24.1 Å². The zero-order chi connectivity index (χ0) is 18.5. The summed E-state index contributed by atoms with van der Waals surface area (Å²) in [6.45, 7) is 5.62. The summed E-state index contributed by atoms with van der Waals surface area (Å²) >= 11 is 0. The fourth-order valence-corrected chi connectivity index (χ4v) is 3.60. The van der Waals surface area contributed by atoms with Gasteiger partial charge in [0.25, 0.3) is 0 Å². The summed E-state index contributed by atoms with van der Waals surface area (Å²) in [5.74, 6) is 0.978. The van der Waals surface area contributed by atoms with E-state index in [0.29, 0.717) is 11.9 Å². The van der Waals surface area contributed by atoms with Gasteiger partial charge in [-0.1, -0.05) is 0 Å². The van der Waals surface area contributed by atoms with Crippen LogP contribution < -0.4 is 15.5 Å². The van der Waals surface area contributed by atoms with Crippen molar-refractivity contribution in [1.29, 1.82) is 0 Å². The SMILES string of the molecule is CN=C(NCC1CN(C)CCN1C)NC1CCN(c2ncccc2F)C1.I. The fraction of sp³-hybridized carbons (Fsp3) is 0.667. The lowest BCUT2D eigenvalue weighted by Crippen LogP contribution is -2.56. The van der Waals surface area contributed by atoms with E-state index in [-0.39, 0.29) is 35.8 Å². The van der Waals surface area contributed by atoms with Crippen LogP contribution in [0, 0.1) is 5.82 Å². The largest absolute Gasteiger partial charge is 0.355 e. The Kier molecular flexibility index (Phi) is 8.49. The van der Waals surface area contributed by atoms with E-state index in [9.17, 15) is 4.39 Å². The highest BCUT2D eigenvalue weighted by atomic mass is 127. The minimum Gasteiger partial charge on any atom is -0.355 e. The summed E-state index contributed by atoms with van der Waals surface area (Å²) in [6.07, 6.45) is 2.57. The van der Waals surface area contributed by atoms with Crippen LogP contribution in [-0.4, -0.2) is 93.2 Å². The normalized spacial score (nSPS) is 24.6. The number of hydrogen-bond acceptors (Lipinski definition) is 5. The second-order valence-electron chi connectivity index (χ2n) is 7.23. The molecule has 0 spiro atoms. The Hall–Kier alpha value is -1.20. The first-order chi connectivity index (χ1) is 12.6. The maximum Gasteiger partial charge on any atom is 0.191 e. The summed E-state index contributed by atoms with van der Waals surface area (Å²) in [7, 11) is 6.12. The standard InChI is InChI=1S/C18H30FN7.HI/c1-20-18(22-11-15-13-24(2)9-10-25(15)3)23-14-6-8-26(12-14)17-16(19)5-4-7-21-17;/h4-5,7,14-15H,6,8-13H2,1-3H3,(H2,20,22,23);1H. The van der Waals surface area contributed by atoms with E-state index in [1.807, 2.05) is 4.90 Å². The summed E-state index contributed by atoms with van der Waals surface area (Å²) < 4.78 is 13.9. The Morgan fingerprint density at radius 1 is 1.30 bits per heavy atom. The molecule has 0 aromatic carbocycles. The number of piperazine rings is 1. The van der Waals surface area contributed by atoms with Gasteiger partial charge in [-0.3, -0.25) is 9.89 Å². The number of pyridine rings is 1. The monoisotopic (exact) mass is 491 g/mol. The molecule has 0 aliphatic carbocycles. The molecule has 1 aromatic rings. The van der Waals surface area contributed by atoms with E-state index >= 15 is 0 Å². The number of likely N-dealkylation sites (N-methyl/N-ethyl adjacent to an activating group) is 2. The summed E-state index contributed by atoms with van der Waals surface area (Å²) in [6, 6.07) is 3.78. The molecule has 1 aromatic heterocycles. The minimum atomic E-state index is -0.264. The van der Waals surface area contributed by atoms with Crippen LogP contribution in [0.15, 0.2) is 23.3 Å². The molecule has 2 atom stereocenters. The van der Waals surface area contributed by atoms with Gasteiger partial charge in [-0.15, -0.1) is 24.0 Å². The number of anilines is 1. The van der Waals surface area contributed by atoms with E-state index in [4.69, 9.17) is 0 Å². The molecule has 2 unspecified atom stereocenters. The molecule has 0 radical (unpaired) electrons. The van der Waals surface area contributed by atoms with Gasteiger partial charge < -0.3 is 20.4 Å². The third-order valence-corrected chi connectivity index (χ3v) is 5.28. The number of halogens is 2. The molecule has 0 saturated carbocycles. The number of aromatic nitrogens is 1. The molecule has 9 heteroatoms. The lowest BCUT2D eigenvalue weighted by Gasteiger charge is -2.38. The third kappa shape index (κ3) is 5.89. The van der Waals surface area contributed by atoms with Crippen molar-refractivity contribution in [2.24, 2.45) is 4.99 Å². The van der Waals surface area contributed by atoms with Crippen molar-refractivity contribution < 1.29 is 4.39 Å². The molecular formula is C18H31FIN7. The molecule has 3 heterocycles. The van der Waals surface area contributed by atoms with Crippen LogP contribution in [0.4, 0.5) is 10.2 Å². The zero-order valence-electron chi connectivity index (χ0n) is 16.4. The fourth-order valence-electron chi connectivity index (χ4n) is 3.60. The van der Waals surface area contributed by atoms with Crippen LogP contribution in [0.25, 0.3) is 0 Å². The molecule has 2 saturated heterocycles. The van der Waals surface area contributed by atoms with Gasteiger partial charge >= 0.3 is 0 Å². The Labute approximate surface area is 178 Å². The molecule has 2 aliphatic heterocycles. The van der Waals surface area contributed by atoms with Crippen molar-refractivity contribution in [1.82, 2.24) is 25.4 Å². The van der Waals surface area contributed by atoms with E-state index < -0.39 is 0 Å². The first-order valence-corrected chi connectivity index (χ1v) is 9.28. The molecule has 152 valence electrons. The first-order valence-electron chi connectivity index (χ1n) is 9.28. The van der Waals surface area contributed by atoms with Gasteiger partial charge in [0.1, 0.15) is 0 Å². The number of hydrogen-bond donors (Lipinski definition) is 2. The molecule has 27 heavy (non-hydrogen) atoms. The van der Waals surface area contributed by atoms with E-state index in [2.05, 4.69) is 44.5 Å². The van der Waals surface area contributed by atoms with Gasteiger partial charge in [-0.25, -0.2) is 9.37 Å². The van der Waals surface area contributed by atoms with Crippen LogP contribution in [0.1, 0.15) is 6.42 Å². The van der Waals surface area contributed by atoms with E-state index in [1.165, 1.54) is 6.07 Å². The second-order valence-corrected chi connectivity index (χ2v) is 7.23. The molecule has 2 N–H and O–H groups in total. The molecule has 3 rings (SSSR count). The van der Waals surface area contributed by atoms with Crippen LogP contribution in [-0.2, 0) is 0 Å². The van der Waals surface area contributed by atoms with Gasteiger partial charge in [0.2, 0.25) is 0 Å². The van der Waals surface area contributed by atoms with Gasteiger partial charge in [-0.05, 0) is 32.6 Å². The van der Waals surface area contributed by atoms with Gasteiger partial charge in [0.15, 0.2) is 17.6 Å². The molecule has 2 aliphatic rings. The summed E-state index contributed by atoms with van der Waals surface area (Å²) in [4.78, 5) is 15.3. The molecule has 0 bridgehead atoms. The highest BCUT2D eigenvalue weighted by Gasteiger charge is 2.27.